The van der Waals surface area contributed by atoms with Gasteiger partial charge in [0, 0.05) is 76.6 Å². The Labute approximate surface area is 453 Å². The molecule has 0 fully saturated rings. The molecule has 6 heteroatoms. The van der Waals surface area contributed by atoms with Gasteiger partial charge >= 0.3 is 0 Å². The SMILES string of the molecule is [2H]c1c(-c2ccc(-c3ccc(C(C)(C)C)cc3)cc2)c(N2[CH-]N(c3[c-]c(Oc4[c-]c5c(cc4)c4ccccc4n5-c4cc(C([2H])([2H])[2H])ccn4)ccc3)c3ccccc32)c(-c2ccc(C(C)(C)C)cc2)c([2H])c1C(C)(C)C.[Pt]. The molecule has 0 saturated carbocycles. The second kappa shape index (κ2) is 19.0. The summed E-state index contributed by atoms with van der Waals surface area (Å²) in [6, 6.07) is 62.6. The minimum Gasteiger partial charge on any atom is -0.509 e. The molecule has 11 rings (SSSR count). The van der Waals surface area contributed by atoms with Gasteiger partial charge in [-0.15, -0.1) is 48.1 Å². The summed E-state index contributed by atoms with van der Waals surface area (Å²) in [6.45, 7) is 19.3. The van der Waals surface area contributed by atoms with E-state index in [0.29, 0.717) is 46.2 Å². The van der Waals surface area contributed by atoms with Crippen molar-refractivity contribution in [1.82, 2.24) is 9.55 Å². The Balaban J connectivity index is 0.00000688. The van der Waals surface area contributed by atoms with Crippen LogP contribution in [0, 0.1) is 25.7 Å². The molecule has 0 saturated heterocycles. The van der Waals surface area contributed by atoms with Crippen LogP contribution >= 0.6 is 0 Å². The van der Waals surface area contributed by atoms with Gasteiger partial charge in [0.05, 0.1) is 2.74 Å². The average molecular weight is 1140 g/mol. The predicted molar refractivity (Wildman–Crippen MR) is 301 cm³/mol. The summed E-state index contributed by atoms with van der Waals surface area (Å²) >= 11 is 0. The number of nitrogens with zero attached hydrogens (tertiary/aromatic N) is 4. The van der Waals surface area contributed by atoms with Gasteiger partial charge in [-0.1, -0.05) is 171 Å². The first kappa shape index (κ1) is 43.4. The standard InChI is InChI=1S/C67H61N4O.Pt/c1-44-36-37-68-63(38-44)71-59-19-12-11-18-55(59)56-35-34-54(42-62(56)71)72-53-17-15-16-52(41-53)69-43-70(61-21-14-13-20-60(61)69)64-57(47-24-22-45(23-25-47)46-26-30-49(31-27-46)65(2,3)4)39-51(67(8,9)10)40-58(64)48-28-32-50(33-29-48)66(5,6)7;/h11-40,43H,1-10H3;/q-3;/i1D3,39D,40D;. The second-order valence-corrected chi connectivity index (χ2v) is 21.9. The molecule has 368 valence electrons. The number of benzene rings is 8. The van der Waals surface area contributed by atoms with Crippen molar-refractivity contribution in [2.75, 3.05) is 9.80 Å². The maximum absolute atomic E-state index is 10.2. The van der Waals surface area contributed by atoms with Crippen LogP contribution < -0.4 is 14.5 Å². The van der Waals surface area contributed by atoms with Gasteiger partial charge in [0.25, 0.3) is 0 Å². The fourth-order valence-electron chi connectivity index (χ4n) is 9.64. The van der Waals surface area contributed by atoms with Crippen LogP contribution in [0.1, 0.15) is 91.4 Å². The normalized spacial score (nSPS) is 14.0. The van der Waals surface area contributed by atoms with Crippen LogP contribution in [-0.2, 0) is 37.3 Å². The van der Waals surface area contributed by atoms with Gasteiger partial charge in [0.15, 0.2) is 0 Å². The average Bonchev–Trinajstić information content (AvgIpc) is 4.14. The van der Waals surface area contributed by atoms with E-state index < -0.39 is 12.3 Å². The van der Waals surface area contributed by atoms with Crippen molar-refractivity contribution in [3.8, 4) is 50.7 Å². The molecule has 0 atom stereocenters. The summed E-state index contributed by atoms with van der Waals surface area (Å²) in [7, 11) is 0. The summed E-state index contributed by atoms with van der Waals surface area (Å²) in [4.78, 5) is 8.86. The zero-order valence-electron chi connectivity index (χ0n) is 47.8. The van der Waals surface area contributed by atoms with E-state index in [9.17, 15) is 2.74 Å². The molecule has 0 aliphatic carbocycles. The van der Waals surface area contributed by atoms with Crippen molar-refractivity contribution >= 4 is 44.6 Å². The van der Waals surface area contributed by atoms with E-state index in [1.807, 2.05) is 78.0 Å². The summed E-state index contributed by atoms with van der Waals surface area (Å²) in [6.07, 6.45) is 1.53. The molecule has 0 radical (unpaired) electrons. The predicted octanol–water partition coefficient (Wildman–Crippen LogP) is 18.2. The van der Waals surface area contributed by atoms with Crippen molar-refractivity contribution in [2.45, 2.75) is 85.4 Å². The zero-order valence-corrected chi connectivity index (χ0v) is 45.0. The quantitative estimate of drug-likeness (QED) is 0.142. The van der Waals surface area contributed by atoms with Crippen molar-refractivity contribution in [2.24, 2.45) is 0 Å². The number of para-hydroxylation sites is 3. The van der Waals surface area contributed by atoms with E-state index in [1.54, 1.807) is 6.07 Å². The van der Waals surface area contributed by atoms with Gasteiger partial charge in [-0.25, -0.2) is 4.98 Å². The first-order chi connectivity index (χ1) is 36.5. The first-order valence-corrected chi connectivity index (χ1v) is 24.7. The third-order valence-electron chi connectivity index (χ3n) is 13.7. The monoisotopic (exact) mass is 1140 g/mol. The van der Waals surface area contributed by atoms with Crippen LogP contribution in [0.5, 0.6) is 11.5 Å². The fourth-order valence-corrected chi connectivity index (χ4v) is 9.64. The molecule has 2 aromatic heterocycles. The maximum atomic E-state index is 10.2. The largest absolute Gasteiger partial charge is 0.509 e. The van der Waals surface area contributed by atoms with E-state index in [0.717, 1.165) is 66.7 Å². The molecule has 0 N–H and O–H groups in total. The van der Waals surface area contributed by atoms with Gasteiger partial charge in [0.2, 0.25) is 0 Å². The molecule has 3 heterocycles. The number of rotatable bonds is 8. The van der Waals surface area contributed by atoms with E-state index >= 15 is 0 Å². The molecule has 0 amide bonds. The van der Waals surface area contributed by atoms with Gasteiger partial charge in [-0.3, -0.25) is 0 Å². The summed E-state index contributed by atoms with van der Waals surface area (Å²) < 4.78 is 53.3. The number of ether oxygens (including phenoxy) is 1. The molecule has 0 unspecified atom stereocenters. The Morgan fingerprint density at radius 1 is 0.534 bits per heavy atom. The Morgan fingerprint density at radius 2 is 1.08 bits per heavy atom. The van der Waals surface area contributed by atoms with E-state index in [2.05, 4.69) is 174 Å². The fraction of sp³-hybridized carbons (Fsp3) is 0.194. The Bertz CT molecular complexity index is 3880. The molecular weight excluding hydrogens is 1070 g/mol. The Kier molecular flexibility index (Phi) is 11.3. The van der Waals surface area contributed by atoms with Gasteiger partial charge in [0.1, 0.15) is 5.82 Å². The number of aromatic nitrogens is 2. The molecular formula is C67H61N4OPt-3. The zero-order chi connectivity index (χ0) is 54.3. The number of fused-ring (bicyclic) bond motifs is 4. The van der Waals surface area contributed by atoms with Crippen molar-refractivity contribution in [3.05, 3.63) is 223 Å². The van der Waals surface area contributed by atoms with Crippen LogP contribution in [0.3, 0.4) is 0 Å². The summed E-state index contributed by atoms with van der Waals surface area (Å²) in [5, 5.41) is 1.89. The molecule has 1 aliphatic rings. The third kappa shape index (κ3) is 9.52. The number of hydrogen-bond acceptors (Lipinski definition) is 4. The van der Waals surface area contributed by atoms with Crippen molar-refractivity contribution in [1.29, 1.82) is 0 Å². The molecule has 10 aromatic rings. The van der Waals surface area contributed by atoms with Crippen LogP contribution in [0.4, 0.5) is 22.7 Å². The van der Waals surface area contributed by atoms with Gasteiger partial charge < -0.3 is 19.1 Å². The van der Waals surface area contributed by atoms with Crippen molar-refractivity contribution < 1.29 is 32.7 Å². The minimum atomic E-state index is -2.30. The molecule has 8 aromatic carbocycles. The topological polar surface area (TPSA) is 33.5 Å². The molecule has 1 aliphatic heterocycles. The number of aryl methyl sites for hydroxylation is 1. The first-order valence-electron chi connectivity index (χ1n) is 27.2. The Hall–Kier alpha value is -7.20. The smallest absolute Gasteiger partial charge is 0.135 e. The summed E-state index contributed by atoms with van der Waals surface area (Å²) in [5.41, 5.74) is 12.9. The molecule has 0 spiro atoms. The number of anilines is 4. The minimum absolute atomic E-state index is 0. The van der Waals surface area contributed by atoms with Crippen LogP contribution in [0.25, 0.3) is 61.0 Å². The Morgan fingerprint density at radius 3 is 1.70 bits per heavy atom. The van der Waals surface area contributed by atoms with Crippen LogP contribution in [-0.4, -0.2) is 9.55 Å². The molecule has 73 heavy (non-hydrogen) atoms. The number of pyridine rings is 1. The summed E-state index contributed by atoms with van der Waals surface area (Å²) in [5.74, 6) is 1.37. The third-order valence-corrected chi connectivity index (χ3v) is 13.7. The molecule has 5 nitrogen and oxygen atoms in total. The van der Waals surface area contributed by atoms with Crippen molar-refractivity contribution in [3.63, 3.8) is 0 Å². The second-order valence-electron chi connectivity index (χ2n) is 21.9. The van der Waals surface area contributed by atoms with Gasteiger partial charge in [-0.05, 0) is 115 Å². The maximum Gasteiger partial charge on any atom is 0.135 e. The van der Waals surface area contributed by atoms with E-state index in [1.165, 1.54) is 23.4 Å². The van der Waals surface area contributed by atoms with E-state index in [-0.39, 0.29) is 37.5 Å². The van der Waals surface area contributed by atoms with Gasteiger partial charge in [-0.2, -0.15) is 12.1 Å². The van der Waals surface area contributed by atoms with E-state index in [4.69, 9.17) is 8.85 Å². The molecule has 0 bridgehead atoms. The number of hydrogen-bond donors (Lipinski definition) is 0. The van der Waals surface area contributed by atoms with Crippen LogP contribution in [0.15, 0.2) is 182 Å². The van der Waals surface area contributed by atoms with Crippen LogP contribution in [0.2, 0.25) is 0 Å².